The van der Waals surface area contributed by atoms with E-state index in [4.69, 9.17) is 9.05 Å². The maximum absolute atomic E-state index is 14.4. The van der Waals surface area contributed by atoms with Gasteiger partial charge in [0.05, 0.1) is 18.9 Å². The van der Waals surface area contributed by atoms with E-state index >= 15 is 0 Å². The first-order chi connectivity index (χ1) is 13.9. The maximum Gasteiger partial charge on any atom is 0.352 e. The second-order valence-corrected chi connectivity index (χ2v) is 11.1. The summed E-state index contributed by atoms with van der Waals surface area (Å²) < 4.78 is 39.5. The number of nitrogens with zero attached hydrogens (tertiary/aromatic N) is 3. The van der Waals surface area contributed by atoms with Gasteiger partial charge in [-0.15, -0.1) is 5.10 Å². The van der Waals surface area contributed by atoms with E-state index in [9.17, 15) is 9.13 Å². The highest BCUT2D eigenvalue weighted by atomic mass is 31.2. The van der Waals surface area contributed by atoms with Crippen LogP contribution < -0.4 is 16.0 Å². The summed E-state index contributed by atoms with van der Waals surface area (Å²) in [6.45, 7) is 5.79. The Morgan fingerprint density at radius 1 is 0.862 bits per heavy atom. The summed E-state index contributed by atoms with van der Waals surface area (Å²) in [5, 5.41) is 9.74. The summed E-state index contributed by atoms with van der Waals surface area (Å²) in [5.41, 5.74) is 0.940. The molecule has 0 amide bonds. The molecule has 154 valence electrons. The Balaban J connectivity index is 2.10. The van der Waals surface area contributed by atoms with Crippen molar-refractivity contribution >= 4 is 30.8 Å². The average molecular weight is 433 g/mol. The number of hydrogen-bond donors (Lipinski definition) is 0. The van der Waals surface area contributed by atoms with Gasteiger partial charge in [0.1, 0.15) is 6.29 Å². The molecule has 0 radical (unpaired) electrons. The molecule has 0 unspecified atom stereocenters. The Kier molecular flexibility index (Phi) is 6.86. The van der Waals surface area contributed by atoms with Gasteiger partial charge in [-0.25, -0.2) is 4.68 Å². The molecule has 9 heteroatoms. The molecule has 0 aliphatic carbocycles. The predicted octanol–water partition coefficient (Wildman–Crippen LogP) is 3.45. The summed E-state index contributed by atoms with van der Waals surface area (Å²) in [4.78, 5) is 0. The largest absolute Gasteiger partial charge is 0.352 e. The molecule has 29 heavy (non-hydrogen) atoms. The van der Waals surface area contributed by atoms with Crippen LogP contribution in [0.5, 0.6) is 0 Å². The Morgan fingerprint density at radius 2 is 1.34 bits per heavy atom. The van der Waals surface area contributed by atoms with Crippen LogP contribution in [0.1, 0.15) is 19.5 Å². The Labute approximate surface area is 171 Å². The quantitative estimate of drug-likeness (QED) is 0.481. The van der Waals surface area contributed by atoms with Gasteiger partial charge in [-0.05, 0) is 20.8 Å². The molecule has 0 aliphatic heterocycles. The van der Waals surface area contributed by atoms with Gasteiger partial charge >= 0.3 is 7.60 Å². The van der Waals surface area contributed by atoms with Crippen molar-refractivity contribution in [2.24, 2.45) is 0 Å². The minimum absolute atomic E-state index is 0.0862. The van der Waals surface area contributed by atoms with Crippen LogP contribution in [-0.2, 0) is 24.5 Å². The van der Waals surface area contributed by atoms with Gasteiger partial charge in [0, 0.05) is 10.6 Å². The summed E-state index contributed by atoms with van der Waals surface area (Å²) in [6.07, 6.45) is -0.0862. The minimum Gasteiger partial charge on any atom is -0.308 e. The summed E-state index contributed by atoms with van der Waals surface area (Å²) in [5.74, 6) is 0. The van der Waals surface area contributed by atoms with Crippen LogP contribution in [0.25, 0.3) is 0 Å². The van der Waals surface area contributed by atoms with Crippen LogP contribution in [0.15, 0.2) is 60.7 Å². The van der Waals surface area contributed by atoms with Crippen molar-refractivity contribution in [1.82, 2.24) is 15.0 Å². The van der Waals surface area contributed by atoms with Crippen molar-refractivity contribution in [3.05, 3.63) is 66.4 Å². The van der Waals surface area contributed by atoms with E-state index in [0.717, 1.165) is 0 Å². The lowest BCUT2D eigenvalue weighted by atomic mass is 10.4. The van der Waals surface area contributed by atoms with Crippen molar-refractivity contribution in [2.45, 2.75) is 27.1 Å². The van der Waals surface area contributed by atoms with Gasteiger partial charge in [0.25, 0.3) is 0 Å². The first kappa shape index (κ1) is 21.7. The van der Waals surface area contributed by atoms with Gasteiger partial charge < -0.3 is 13.6 Å². The number of rotatable bonds is 9. The predicted molar refractivity (Wildman–Crippen MR) is 115 cm³/mol. The fraction of sp³-hybridized carbons (Fsp3) is 0.300. The number of benzene rings is 2. The van der Waals surface area contributed by atoms with E-state index < -0.39 is 14.7 Å². The second kappa shape index (κ2) is 9.19. The van der Waals surface area contributed by atoms with Gasteiger partial charge in [0.2, 0.25) is 0 Å². The van der Waals surface area contributed by atoms with Crippen LogP contribution in [0.4, 0.5) is 0 Å². The Hall–Kier alpha value is -2.04. The molecule has 7 nitrogen and oxygen atoms in total. The van der Waals surface area contributed by atoms with E-state index in [1.54, 1.807) is 20.8 Å². The zero-order valence-electron chi connectivity index (χ0n) is 16.8. The molecule has 0 saturated heterocycles. The summed E-state index contributed by atoms with van der Waals surface area (Å²) >= 11 is 0. The molecule has 0 spiro atoms. The monoisotopic (exact) mass is 433 g/mol. The third-order valence-electron chi connectivity index (χ3n) is 4.45. The van der Waals surface area contributed by atoms with Crippen LogP contribution in [0.3, 0.4) is 0 Å². The molecule has 0 aliphatic rings. The van der Waals surface area contributed by atoms with Crippen molar-refractivity contribution in [3.63, 3.8) is 0 Å². The van der Waals surface area contributed by atoms with Crippen molar-refractivity contribution in [1.29, 1.82) is 0 Å². The second-order valence-electron chi connectivity index (χ2n) is 6.37. The third-order valence-corrected chi connectivity index (χ3v) is 9.43. The molecular formula is C20H25N3O4P2. The zero-order chi connectivity index (χ0) is 20.9. The lowest BCUT2D eigenvalue weighted by molar-refractivity contribution is 0.212. The lowest BCUT2D eigenvalue weighted by Crippen LogP contribution is -2.27. The minimum atomic E-state index is -3.38. The van der Waals surface area contributed by atoms with Crippen LogP contribution in [-0.4, -0.2) is 28.2 Å². The molecule has 3 rings (SSSR count). The van der Waals surface area contributed by atoms with Crippen LogP contribution in [0, 0.1) is 6.92 Å². The topological polar surface area (TPSA) is 83.3 Å². The van der Waals surface area contributed by atoms with Gasteiger partial charge in [0.15, 0.2) is 12.6 Å². The van der Waals surface area contributed by atoms with E-state index in [1.807, 2.05) is 60.7 Å². The number of aromatic nitrogens is 3. The molecule has 1 aromatic heterocycles. The molecule has 0 saturated carbocycles. The van der Waals surface area contributed by atoms with E-state index in [2.05, 4.69) is 10.3 Å². The molecule has 0 N–H and O–H groups in total. The number of hydrogen-bond acceptors (Lipinski definition) is 6. The highest BCUT2D eigenvalue weighted by molar-refractivity contribution is 7.85. The third kappa shape index (κ3) is 4.44. The zero-order valence-corrected chi connectivity index (χ0v) is 18.6. The summed E-state index contributed by atoms with van der Waals surface area (Å²) in [6, 6.07) is 18.5. The lowest BCUT2D eigenvalue weighted by Gasteiger charge is -2.19. The molecule has 3 aromatic rings. The van der Waals surface area contributed by atoms with Gasteiger partial charge in [-0.1, -0.05) is 65.9 Å². The van der Waals surface area contributed by atoms with Crippen molar-refractivity contribution in [2.75, 3.05) is 13.2 Å². The highest BCUT2D eigenvalue weighted by Crippen LogP contribution is 2.50. The van der Waals surface area contributed by atoms with E-state index in [1.165, 1.54) is 4.68 Å². The van der Waals surface area contributed by atoms with E-state index in [-0.39, 0.29) is 19.5 Å². The Morgan fingerprint density at radius 3 is 1.79 bits per heavy atom. The fourth-order valence-corrected chi connectivity index (χ4v) is 7.45. The SMILES string of the molecule is CCOP(=O)(Cn1nnc(P(=O)(c2ccccc2)c2ccccc2)c1C)OCC. The molecule has 0 atom stereocenters. The molecule has 0 bridgehead atoms. The van der Waals surface area contributed by atoms with Crippen LogP contribution >= 0.6 is 14.7 Å². The van der Waals surface area contributed by atoms with Crippen LogP contribution in [0.2, 0.25) is 0 Å². The molecule has 1 heterocycles. The fourth-order valence-electron chi connectivity index (χ4n) is 3.12. The molecule has 2 aromatic carbocycles. The maximum atomic E-state index is 14.4. The van der Waals surface area contributed by atoms with Crippen molar-refractivity contribution in [3.8, 4) is 0 Å². The van der Waals surface area contributed by atoms with E-state index in [0.29, 0.717) is 21.7 Å². The van der Waals surface area contributed by atoms with Gasteiger partial charge in [-0.3, -0.25) is 4.57 Å². The van der Waals surface area contributed by atoms with Gasteiger partial charge in [-0.2, -0.15) is 0 Å². The molecular weight excluding hydrogens is 408 g/mol. The van der Waals surface area contributed by atoms with Crippen molar-refractivity contribution < 1.29 is 18.2 Å². The Bertz CT molecular complexity index is 985. The smallest absolute Gasteiger partial charge is 0.308 e. The highest BCUT2D eigenvalue weighted by Gasteiger charge is 2.36. The first-order valence-electron chi connectivity index (χ1n) is 9.44. The first-order valence-corrected chi connectivity index (χ1v) is 12.9. The normalized spacial score (nSPS) is 12.2. The standard InChI is InChI=1S/C20H25N3O4P2/c1-4-26-28(24,27-5-2)16-23-17(3)20(21-22-23)29(25,18-12-8-6-9-13-18)19-14-10-7-11-15-19/h6-15H,4-5,16H2,1-3H3. The molecule has 0 fully saturated rings. The summed E-state index contributed by atoms with van der Waals surface area (Å²) in [7, 11) is -6.64. The average Bonchev–Trinajstić information content (AvgIpc) is 3.09.